The van der Waals surface area contributed by atoms with Crippen LogP contribution in [0, 0.1) is 11.3 Å². The van der Waals surface area contributed by atoms with E-state index in [1.807, 2.05) is 0 Å². The van der Waals surface area contributed by atoms with E-state index in [1.165, 1.54) is 13.3 Å². The normalized spacial score (nSPS) is 9.74. The number of aromatic amines is 1. The molecule has 6 nitrogen and oxygen atoms in total. The Hall–Kier alpha value is -2.81. The Labute approximate surface area is 109 Å². The number of nitrogens with one attached hydrogen (secondary N) is 1. The Kier molecular flexibility index (Phi) is 3.48. The smallest absolute Gasteiger partial charge is 0.269 e. The first-order valence-electron chi connectivity index (χ1n) is 5.41. The van der Waals surface area contributed by atoms with Gasteiger partial charge in [0.2, 0.25) is 0 Å². The van der Waals surface area contributed by atoms with E-state index >= 15 is 0 Å². The van der Waals surface area contributed by atoms with Gasteiger partial charge in [-0.05, 0) is 18.2 Å². The van der Waals surface area contributed by atoms with Crippen LogP contribution in [-0.2, 0) is 0 Å². The first-order chi connectivity index (χ1) is 9.19. The van der Waals surface area contributed by atoms with Gasteiger partial charge in [0.15, 0.2) is 0 Å². The van der Waals surface area contributed by atoms with Crippen LogP contribution in [0.25, 0.3) is 11.4 Å². The van der Waals surface area contributed by atoms with Crippen LogP contribution < -0.4 is 15.0 Å². The highest BCUT2D eigenvalue weighted by atomic mass is 16.5. The fraction of sp³-hybridized carbons (Fsp3) is 0.154. The molecule has 1 heterocycles. The summed E-state index contributed by atoms with van der Waals surface area (Å²) in [6, 6.07) is 6.92. The van der Waals surface area contributed by atoms with E-state index in [2.05, 4.69) is 9.97 Å². The number of ether oxygens (including phenoxy) is 2. The summed E-state index contributed by atoms with van der Waals surface area (Å²) in [5, 5.41) is 8.71. The number of hydrogen-bond donors (Lipinski definition) is 1. The summed E-state index contributed by atoms with van der Waals surface area (Å²) >= 11 is 0. The molecule has 0 aliphatic heterocycles. The molecule has 0 aliphatic rings. The Balaban J connectivity index is 2.60. The predicted molar refractivity (Wildman–Crippen MR) is 68.1 cm³/mol. The molecule has 6 heteroatoms. The molecular weight excluding hydrogens is 246 g/mol. The maximum absolute atomic E-state index is 11.6. The maximum Gasteiger partial charge on any atom is 0.269 e. The summed E-state index contributed by atoms with van der Waals surface area (Å²) in [7, 11) is 3.06. The van der Waals surface area contributed by atoms with E-state index in [9.17, 15) is 4.79 Å². The Morgan fingerprint density at radius 3 is 2.68 bits per heavy atom. The molecule has 96 valence electrons. The highest BCUT2D eigenvalue weighted by Gasteiger charge is 2.11. The lowest BCUT2D eigenvalue weighted by atomic mass is 10.1. The molecule has 2 aromatic rings. The van der Waals surface area contributed by atoms with Crippen molar-refractivity contribution >= 4 is 0 Å². The van der Waals surface area contributed by atoms with Gasteiger partial charge in [-0.2, -0.15) is 5.26 Å². The molecule has 1 aromatic carbocycles. The number of benzene rings is 1. The molecule has 0 radical (unpaired) electrons. The van der Waals surface area contributed by atoms with Gasteiger partial charge in [-0.1, -0.05) is 0 Å². The lowest BCUT2D eigenvalue weighted by molar-refractivity contribution is 0.404. The van der Waals surface area contributed by atoms with Gasteiger partial charge in [-0.3, -0.25) is 4.79 Å². The summed E-state index contributed by atoms with van der Waals surface area (Å²) in [6.45, 7) is 0. The second-order valence-corrected chi connectivity index (χ2v) is 3.65. The largest absolute Gasteiger partial charge is 0.497 e. The Morgan fingerprint density at radius 1 is 1.32 bits per heavy atom. The number of aromatic nitrogens is 2. The number of nitriles is 1. The van der Waals surface area contributed by atoms with Crippen LogP contribution in [0.15, 0.2) is 29.2 Å². The predicted octanol–water partition coefficient (Wildman–Crippen LogP) is 1.33. The third-order valence-corrected chi connectivity index (χ3v) is 2.58. The number of nitrogens with zero attached hydrogens (tertiary/aromatic N) is 2. The first-order valence-corrected chi connectivity index (χ1v) is 5.41. The molecule has 19 heavy (non-hydrogen) atoms. The minimum absolute atomic E-state index is 0.0365. The number of H-pyrrole nitrogens is 1. The van der Waals surface area contributed by atoms with Crippen LogP contribution in [0.4, 0.5) is 0 Å². The van der Waals surface area contributed by atoms with Gasteiger partial charge in [-0.15, -0.1) is 0 Å². The minimum Gasteiger partial charge on any atom is -0.497 e. The molecule has 0 fully saturated rings. The summed E-state index contributed by atoms with van der Waals surface area (Å²) < 4.78 is 10.3. The van der Waals surface area contributed by atoms with Crippen molar-refractivity contribution < 1.29 is 9.47 Å². The van der Waals surface area contributed by atoms with Gasteiger partial charge in [-0.25, -0.2) is 4.98 Å². The van der Waals surface area contributed by atoms with Gasteiger partial charge in [0.1, 0.15) is 29.0 Å². The Bertz CT molecular complexity index is 701. The van der Waals surface area contributed by atoms with Gasteiger partial charge < -0.3 is 14.5 Å². The van der Waals surface area contributed by atoms with Crippen molar-refractivity contribution in [2.45, 2.75) is 0 Å². The standard InChI is InChI=1S/C13H11N3O3/c1-18-9-3-4-11(19-2)10(5-9)12-15-7-8(6-14)13(17)16-12/h3-5,7H,1-2H3,(H,15,16,17). The molecule has 0 unspecified atom stereocenters. The van der Waals surface area contributed by atoms with E-state index in [4.69, 9.17) is 14.7 Å². The molecule has 1 aromatic heterocycles. The molecule has 0 atom stereocenters. The van der Waals surface area contributed by atoms with Crippen LogP contribution in [0.5, 0.6) is 11.5 Å². The molecule has 2 rings (SSSR count). The van der Waals surface area contributed by atoms with Gasteiger partial charge >= 0.3 is 0 Å². The summed E-state index contributed by atoms with van der Waals surface area (Å²) in [5.74, 6) is 1.48. The van der Waals surface area contributed by atoms with Gasteiger partial charge in [0.05, 0.1) is 26.0 Å². The van der Waals surface area contributed by atoms with Crippen molar-refractivity contribution in [3.8, 4) is 29.0 Å². The summed E-state index contributed by atoms with van der Waals surface area (Å²) in [6.07, 6.45) is 1.23. The van der Waals surface area contributed by atoms with Gasteiger partial charge in [0.25, 0.3) is 5.56 Å². The zero-order valence-corrected chi connectivity index (χ0v) is 10.4. The lowest BCUT2D eigenvalue weighted by Gasteiger charge is -2.09. The van der Waals surface area contributed by atoms with Crippen molar-refractivity contribution in [3.63, 3.8) is 0 Å². The van der Waals surface area contributed by atoms with Crippen LogP contribution in [-0.4, -0.2) is 24.2 Å². The summed E-state index contributed by atoms with van der Waals surface area (Å²) in [5.41, 5.74) is 0.0615. The average molecular weight is 257 g/mol. The lowest BCUT2D eigenvalue weighted by Crippen LogP contribution is -2.12. The molecule has 0 amide bonds. The zero-order valence-electron chi connectivity index (χ0n) is 10.4. The second-order valence-electron chi connectivity index (χ2n) is 3.65. The van der Waals surface area contributed by atoms with Crippen molar-refractivity contribution in [1.82, 2.24) is 9.97 Å². The van der Waals surface area contributed by atoms with Crippen molar-refractivity contribution in [2.24, 2.45) is 0 Å². The van der Waals surface area contributed by atoms with E-state index < -0.39 is 5.56 Å². The first kappa shape index (κ1) is 12.6. The number of methoxy groups -OCH3 is 2. The molecule has 0 bridgehead atoms. The zero-order chi connectivity index (χ0) is 13.8. The van der Waals surface area contributed by atoms with Crippen LogP contribution in [0.1, 0.15) is 5.56 Å². The summed E-state index contributed by atoms with van der Waals surface area (Å²) in [4.78, 5) is 18.2. The number of rotatable bonds is 3. The molecule has 0 spiro atoms. The number of hydrogen-bond acceptors (Lipinski definition) is 5. The van der Waals surface area contributed by atoms with Crippen molar-refractivity contribution in [3.05, 3.63) is 40.3 Å². The minimum atomic E-state index is -0.489. The molecule has 0 saturated carbocycles. The van der Waals surface area contributed by atoms with Crippen LogP contribution >= 0.6 is 0 Å². The highest BCUT2D eigenvalue weighted by Crippen LogP contribution is 2.30. The third-order valence-electron chi connectivity index (χ3n) is 2.58. The highest BCUT2D eigenvalue weighted by molar-refractivity contribution is 5.66. The van der Waals surface area contributed by atoms with Gasteiger partial charge in [0, 0.05) is 0 Å². The van der Waals surface area contributed by atoms with E-state index in [0.29, 0.717) is 22.9 Å². The Morgan fingerprint density at radius 2 is 2.11 bits per heavy atom. The molecule has 0 aliphatic carbocycles. The fourth-order valence-corrected chi connectivity index (χ4v) is 1.61. The fourth-order valence-electron chi connectivity index (χ4n) is 1.61. The third kappa shape index (κ3) is 2.40. The maximum atomic E-state index is 11.6. The van der Waals surface area contributed by atoms with Crippen LogP contribution in [0.3, 0.4) is 0 Å². The molecule has 0 saturated heterocycles. The average Bonchev–Trinajstić information content (AvgIpc) is 2.46. The molecule has 1 N–H and O–H groups in total. The van der Waals surface area contributed by atoms with Crippen LogP contribution in [0.2, 0.25) is 0 Å². The second kappa shape index (κ2) is 5.23. The monoisotopic (exact) mass is 257 g/mol. The molecular formula is C13H11N3O3. The van der Waals surface area contributed by atoms with E-state index in [-0.39, 0.29) is 5.56 Å². The van der Waals surface area contributed by atoms with E-state index in [0.717, 1.165) is 0 Å². The quantitative estimate of drug-likeness (QED) is 0.896. The van der Waals surface area contributed by atoms with E-state index in [1.54, 1.807) is 31.4 Å². The SMILES string of the molecule is COc1ccc(OC)c(-c2ncc(C#N)c(=O)[nH]2)c1. The van der Waals surface area contributed by atoms with Crippen molar-refractivity contribution in [2.75, 3.05) is 14.2 Å². The topological polar surface area (TPSA) is 88.0 Å². The van der Waals surface area contributed by atoms with Crippen molar-refractivity contribution in [1.29, 1.82) is 5.26 Å².